The molecule has 0 unspecified atom stereocenters. The zero-order chi connectivity index (χ0) is 23.8. The number of amides is 2. The van der Waals surface area contributed by atoms with Crippen molar-refractivity contribution in [1.82, 2.24) is 20.4 Å². The summed E-state index contributed by atoms with van der Waals surface area (Å²) in [5.74, 6) is 3.71. The van der Waals surface area contributed by atoms with Crippen LogP contribution in [0.3, 0.4) is 0 Å². The molecule has 5 aliphatic rings. The molecule has 0 radical (unpaired) electrons. The largest absolute Gasteiger partial charge is 0.411 e. The van der Waals surface area contributed by atoms with E-state index in [0.717, 1.165) is 42.7 Å². The summed E-state index contributed by atoms with van der Waals surface area (Å²) in [4.78, 5) is 27.5. The number of hydrogen-bond donors (Lipinski definition) is 1. The predicted octanol–water partition coefficient (Wildman–Crippen LogP) is 4.40. The number of rotatable bonds is 7. The van der Waals surface area contributed by atoms with Gasteiger partial charge in [0.15, 0.2) is 0 Å². The fourth-order valence-corrected chi connectivity index (χ4v) is 8.16. The molecule has 186 valence electrons. The number of hydrogen-bond acceptors (Lipinski definition) is 6. The van der Waals surface area contributed by atoms with Crippen molar-refractivity contribution in [2.24, 2.45) is 29.1 Å². The van der Waals surface area contributed by atoms with E-state index < -0.39 is 0 Å². The monoisotopic (exact) mass is 494 g/mol. The number of carbonyl (C=O) groups is 2. The lowest BCUT2D eigenvalue weighted by Gasteiger charge is -2.57. The first-order valence-electron chi connectivity index (χ1n) is 13.1. The third-order valence-corrected chi connectivity index (χ3v) is 9.57. The molecule has 4 saturated carbocycles. The van der Waals surface area contributed by atoms with Crippen LogP contribution in [0.1, 0.15) is 51.4 Å². The summed E-state index contributed by atoms with van der Waals surface area (Å²) in [7, 11) is 0. The highest BCUT2D eigenvalue weighted by Gasteiger charge is 2.50. The molecule has 1 saturated heterocycles. The van der Waals surface area contributed by atoms with E-state index in [4.69, 9.17) is 4.42 Å². The van der Waals surface area contributed by atoms with E-state index in [1.54, 1.807) is 0 Å². The van der Waals surface area contributed by atoms with Crippen LogP contribution in [0, 0.1) is 29.1 Å². The third kappa shape index (κ3) is 4.99. The molecule has 2 heterocycles. The molecule has 35 heavy (non-hydrogen) atoms. The number of nitrogens with one attached hydrogen (secondary N) is 1. The Morgan fingerprint density at radius 1 is 1.00 bits per heavy atom. The molecule has 2 aromatic rings. The molecule has 7 nitrogen and oxygen atoms in total. The van der Waals surface area contributed by atoms with Crippen molar-refractivity contribution in [1.29, 1.82) is 0 Å². The van der Waals surface area contributed by atoms with Crippen molar-refractivity contribution in [3.63, 3.8) is 0 Å². The highest BCUT2D eigenvalue weighted by Crippen LogP contribution is 2.59. The highest BCUT2D eigenvalue weighted by molar-refractivity contribution is 7.99. The van der Waals surface area contributed by atoms with Crippen LogP contribution in [-0.4, -0.2) is 52.3 Å². The number of benzene rings is 1. The van der Waals surface area contributed by atoms with E-state index in [1.165, 1.54) is 50.3 Å². The lowest BCUT2D eigenvalue weighted by Crippen LogP contribution is -2.52. The van der Waals surface area contributed by atoms with Gasteiger partial charge in [-0.1, -0.05) is 30.0 Å². The summed E-state index contributed by atoms with van der Waals surface area (Å²) in [6.07, 6.45) is 9.71. The number of aromatic nitrogens is 2. The Kier molecular flexibility index (Phi) is 6.33. The molecule has 1 aromatic heterocycles. The first-order chi connectivity index (χ1) is 17.1. The van der Waals surface area contributed by atoms with Crippen molar-refractivity contribution in [3.05, 3.63) is 30.3 Å². The zero-order valence-electron chi connectivity index (χ0n) is 20.2. The van der Waals surface area contributed by atoms with E-state index >= 15 is 0 Å². The minimum absolute atomic E-state index is 0.0185. The Bertz CT molecular complexity index is 1030. The van der Waals surface area contributed by atoms with E-state index in [-0.39, 0.29) is 23.5 Å². The van der Waals surface area contributed by atoms with Crippen molar-refractivity contribution in [2.45, 2.75) is 56.6 Å². The predicted molar refractivity (Wildman–Crippen MR) is 133 cm³/mol. The van der Waals surface area contributed by atoms with E-state index in [1.807, 2.05) is 35.2 Å². The molecule has 1 N–H and O–H groups in total. The Hall–Kier alpha value is -2.35. The van der Waals surface area contributed by atoms with Gasteiger partial charge in [0.05, 0.1) is 5.75 Å². The maximum absolute atomic E-state index is 13.0. The second-order valence-corrected chi connectivity index (χ2v) is 12.2. The van der Waals surface area contributed by atoms with Crippen molar-refractivity contribution < 1.29 is 14.0 Å². The number of likely N-dealkylation sites (tertiary alicyclic amines) is 1. The maximum atomic E-state index is 13.0. The Balaban J connectivity index is 0.941. The van der Waals surface area contributed by atoms with Crippen LogP contribution in [0.2, 0.25) is 0 Å². The average Bonchev–Trinajstić information content (AvgIpc) is 3.35. The van der Waals surface area contributed by atoms with Gasteiger partial charge in [-0.2, -0.15) is 0 Å². The number of thioether (sulfide) groups is 1. The van der Waals surface area contributed by atoms with Gasteiger partial charge in [0.2, 0.25) is 17.7 Å². The summed E-state index contributed by atoms with van der Waals surface area (Å²) in [5, 5.41) is 11.9. The molecule has 4 aliphatic carbocycles. The minimum Gasteiger partial charge on any atom is -0.411 e. The Labute approximate surface area is 210 Å². The van der Waals surface area contributed by atoms with Gasteiger partial charge in [0.25, 0.3) is 5.22 Å². The lowest BCUT2D eigenvalue weighted by atomic mass is 9.49. The number of piperidine rings is 1. The summed E-state index contributed by atoms with van der Waals surface area (Å²) >= 11 is 1.27. The Morgan fingerprint density at radius 2 is 1.66 bits per heavy atom. The minimum atomic E-state index is 0.0185. The molecule has 8 heteroatoms. The van der Waals surface area contributed by atoms with Gasteiger partial charge in [-0.25, -0.2) is 0 Å². The quantitative estimate of drug-likeness (QED) is 0.574. The third-order valence-electron chi connectivity index (χ3n) is 8.77. The molecular weight excluding hydrogens is 460 g/mol. The Morgan fingerprint density at radius 3 is 2.31 bits per heavy atom. The first kappa shape index (κ1) is 23.1. The molecule has 5 fully saturated rings. The van der Waals surface area contributed by atoms with Crippen molar-refractivity contribution >= 4 is 23.6 Å². The van der Waals surface area contributed by atoms with E-state index in [9.17, 15) is 9.59 Å². The molecule has 1 aliphatic heterocycles. The maximum Gasteiger partial charge on any atom is 0.277 e. The standard InChI is InChI=1S/C27H34N4O3S/c32-23(16-35-26-30-29-25(34-26)22-4-2-1-3-5-22)31-8-6-21(7-9-31)24(33)28-17-27-13-18-10-19(14-27)12-20(11-18)15-27/h1-5,18-21H,6-17H2,(H,28,33). The summed E-state index contributed by atoms with van der Waals surface area (Å²) in [6.45, 7) is 2.13. The zero-order valence-corrected chi connectivity index (χ0v) is 21.0. The summed E-state index contributed by atoms with van der Waals surface area (Å²) in [6, 6.07) is 9.60. The summed E-state index contributed by atoms with van der Waals surface area (Å²) in [5.41, 5.74) is 1.23. The van der Waals surface area contributed by atoms with E-state index in [2.05, 4.69) is 15.5 Å². The van der Waals surface area contributed by atoms with Gasteiger partial charge in [0, 0.05) is 31.1 Å². The number of carbonyl (C=O) groups excluding carboxylic acids is 2. The smallest absolute Gasteiger partial charge is 0.277 e. The van der Waals surface area contributed by atoms with Crippen LogP contribution in [0.15, 0.2) is 40.0 Å². The van der Waals surface area contributed by atoms with Crippen molar-refractivity contribution in [3.8, 4) is 11.5 Å². The van der Waals surface area contributed by atoms with Crippen LogP contribution < -0.4 is 5.32 Å². The molecular formula is C27H34N4O3S. The van der Waals surface area contributed by atoms with Gasteiger partial charge in [-0.15, -0.1) is 10.2 Å². The molecule has 1 aromatic carbocycles. The summed E-state index contributed by atoms with van der Waals surface area (Å²) < 4.78 is 5.69. The molecule has 0 spiro atoms. The second-order valence-electron chi connectivity index (χ2n) is 11.3. The van der Waals surface area contributed by atoms with Gasteiger partial charge in [-0.05, 0) is 86.7 Å². The fraction of sp³-hybridized carbons (Fsp3) is 0.630. The van der Waals surface area contributed by atoms with Gasteiger partial charge in [0.1, 0.15) is 0 Å². The molecule has 2 amide bonds. The number of nitrogens with zero attached hydrogens (tertiary/aromatic N) is 3. The lowest BCUT2D eigenvalue weighted by molar-refractivity contribution is -0.134. The molecule has 4 bridgehead atoms. The van der Waals surface area contributed by atoms with Gasteiger partial charge in [-0.3, -0.25) is 9.59 Å². The fourth-order valence-electron chi connectivity index (χ4n) is 7.50. The first-order valence-corrected chi connectivity index (χ1v) is 14.1. The van der Waals surface area contributed by atoms with Gasteiger partial charge >= 0.3 is 0 Å². The average molecular weight is 495 g/mol. The highest BCUT2D eigenvalue weighted by atomic mass is 32.2. The topological polar surface area (TPSA) is 88.3 Å². The molecule has 0 atom stereocenters. The normalized spacial score (nSPS) is 29.9. The van der Waals surface area contributed by atoms with Crippen molar-refractivity contribution in [2.75, 3.05) is 25.4 Å². The van der Waals surface area contributed by atoms with E-state index in [0.29, 0.717) is 29.6 Å². The van der Waals surface area contributed by atoms with Crippen LogP contribution in [-0.2, 0) is 9.59 Å². The van der Waals surface area contributed by atoms with Gasteiger partial charge < -0.3 is 14.6 Å². The SMILES string of the molecule is O=C(NCC12CC3CC(CC(C3)C1)C2)C1CCN(C(=O)CSc2nnc(-c3ccccc3)o2)CC1. The second kappa shape index (κ2) is 9.60. The van der Waals surface area contributed by atoms with Crippen LogP contribution in [0.25, 0.3) is 11.5 Å². The van der Waals surface area contributed by atoms with Crippen LogP contribution in [0.5, 0.6) is 0 Å². The van der Waals surface area contributed by atoms with Crippen LogP contribution in [0.4, 0.5) is 0 Å². The molecule has 7 rings (SSSR count). The van der Waals surface area contributed by atoms with Crippen LogP contribution >= 0.6 is 11.8 Å².